The molecule has 3 N–H and O–H groups in total. The van der Waals surface area contributed by atoms with E-state index in [1.807, 2.05) is 36.4 Å². The maximum atomic E-state index is 12.8. The molecule has 0 saturated carbocycles. The van der Waals surface area contributed by atoms with Gasteiger partial charge in [0.1, 0.15) is 12.6 Å². The average molecular weight is 469 g/mol. The molecule has 2 aromatic rings. The smallest absolute Gasteiger partial charge is 0.407 e. The van der Waals surface area contributed by atoms with Gasteiger partial charge in [-0.05, 0) is 41.5 Å². The summed E-state index contributed by atoms with van der Waals surface area (Å²) in [5.41, 5.74) is 4.47. The van der Waals surface area contributed by atoms with Crippen LogP contribution in [0.25, 0.3) is 11.1 Å². The number of alkyl carbamates (subject to hydrolysis) is 1. The molecule has 2 atom stereocenters. The molecule has 0 aliphatic heterocycles. The van der Waals surface area contributed by atoms with Gasteiger partial charge in [0.2, 0.25) is 5.91 Å². The number of nitrogens with one attached hydrogen (secondary N) is 2. The summed E-state index contributed by atoms with van der Waals surface area (Å²) in [7, 11) is 1.56. The Morgan fingerprint density at radius 1 is 1.00 bits per heavy atom. The Morgan fingerprint density at radius 2 is 1.62 bits per heavy atom. The standard InChI is InChI=1S/C26H32N2O6/c1-3-17(15-24(29)30)27-25(31)23(13-8-14-33-2)28-26(32)34-16-22-20-11-6-4-9-18(20)19-10-5-7-12-21(19)22/h4-7,9-12,17,22-23H,3,8,13-16H2,1-2H3,(H,27,31)(H,28,32)(H,29,30)/t17-,23?/m1/s1. The quantitative estimate of drug-likeness (QED) is 0.410. The molecule has 0 saturated heterocycles. The highest BCUT2D eigenvalue weighted by atomic mass is 16.5. The van der Waals surface area contributed by atoms with Gasteiger partial charge in [0, 0.05) is 25.7 Å². The van der Waals surface area contributed by atoms with Crippen molar-refractivity contribution < 1.29 is 29.0 Å². The van der Waals surface area contributed by atoms with Crippen LogP contribution >= 0.6 is 0 Å². The van der Waals surface area contributed by atoms with Crippen LogP contribution in [0.15, 0.2) is 48.5 Å². The first-order valence-corrected chi connectivity index (χ1v) is 11.6. The summed E-state index contributed by atoms with van der Waals surface area (Å²) in [6.45, 7) is 2.37. The first kappa shape index (κ1) is 25.2. The van der Waals surface area contributed by atoms with Crippen molar-refractivity contribution in [3.63, 3.8) is 0 Å². The second-order valence-corrected chi connectivity index (χ2v) is 8.37. The lowest BCUT2D eigenvalue weighted by Gasteiger charge is -2.22. The molecule has 0 fully saturated rings. The van der Waals surface area contributed by atoms with Crippen molar-refractivity contribution in [2.24, 2.45) is 0 Å². The van der Waals surface area contributed by atoms with Gasteiger partial charge in [0.05, 0.1) is 6.42 Å². The lowest BCUT2D eigenvalue weighted by molar-refractivity contribution is -0.137. The van der Waals surface area contributed by atoms with E-state index in [4.69, 9.17) is 14.6 Å². The molecule has 1 unspecified atom stereocenters. The molecule has 0 radical (unpaired) electrons. The third-order valence-corrected chi connectivity index (χ3v) is 6.05. The fourth-order valence-electron chi connectivity index (χ4n) is 4.29. The summed E-state index contributed by atoms with van der Waals surface area (Å²) in [6.07, 6.45) is 0.485. The van der Waals surface area contributed by atoms with Crippen LogP contribution in [0.1, 0.15) is 49.7 Å². The van der Waals surface area contributed by atoms with E-state index >= 15 is 0 Å². The number of fused-ring (bicyclic) bond motifs is 3. The highest BCUT2D eigenvalue weighted by molar-refractivity contribution is 5.86. The number of amides is 2. The van der Waals surface area contributed by atoms with Crippen LogP contribution in [0.2, 0.25) is 0 Å². The van der Waals surface area contributed by atoms with Gasteiger partial charge in [-0.3, -0.25) is 9.59 Å². The Balaban J connectivity index is 1.64. The summed E-state index contributed by atoms with van der Waals surface area (Å²) in [5.74, 6) is -1.51. The van der Waals surface area contributed by atoms with Crippen LogP contribution in [0.4, 0.5) is 4.79 Å². The monoisotopic (exact) mass is 468 g/mol. The Hall–Kier alpha value is -3.39. The van der Waals surface area contributed by atoms with Crippen molar-refractivity contribution >= 4 is 18.0 Å². The van der Waals surface area contributed by atoms with Gasteiger partial charge in [-0.2, -0.15) is 0 Å². The number of benzene rings is 2. The first-order chi connectivity index (χ1) is 16.4. The lowest BCUT2D eigenvalue weighted by Crippen LogP contribution is -2.50. The van der Waals surface area contributed by atoms with E-state index in [-0.39, 0.29) is 18.9 Å². The van der Waals surface area contributed by atoms with E-state index in [1.165, 1.54) is 0 Å². The predicted octanol–water partition coefficient (Wildman–Crippen LogP) is 3.69. The number of hydrogen-bond acceptors (Lipinski definition) is 5. The number of carboxylic acids is 1. The summed E-state index contributed by atoms with van der Waals surface area (Å²) in [4.78, 5) is 36.5. The minimum atomic E-state index is -0.993. The summed E-state index contributed by atoms with van der Waals surface area (Å²) in [5, 5.41) is 14.4. The molecule has 1 aliphatic rings. The molecule has 182 valence electrons. The SMILES string of the molecule is CC[C@H](CC(=O)O)NC(=O)C(CCCOC)NC(=O)OCC1c2ccccc2-c2ccccc21. The van der Waals surface area contributed by atoms with Crippen LogP contribution in [0.3, 0.4) is 0 Å². The van der Waals surface area contributed by atoms with Gasteiger partial charge in [0.15, 0.2) is 0 Å². The molecule has 8 heteroatoms. The van der Waals surface area contributed by atoms with Crippen LogP contribution in [-0.2, 0) is 19.1 Å². The fourth-order valence-corrected chi connectivity index (χ4v) is 4.29. The molecule has 0 spiro atoms. The zero-order valence-electron chi connectivity index (χ0n) is 19.6. The van der Waals surface area contributed by atoms with E-state index in [0.29, 0.717) is 25.9 Å². The Morgan fingerprint density at radius 3 is 2.18 bits per heavy atom. The van der Waals surface area contributed by atoms with Crippen molar-refractivity contribution in [3.05, 3.63) is 59.7 Å². The third kappa shape index (κ3) is 6.35. The third-order valence-electron chi connectivity index (χ3n) is 6.05. The number of aliphatic carboxylic acids is 1. The van der Waals surface area contributed by atoms with Crippen LogP contribution in [-0.4, -0.2) is 55.5 Å². The first-order valence-electron chi connectivity index (χ1n) is 11.6. The predicted molar refractivity (Wildman–Crippen MR) is 128 cm³/mol. The maximum absolute atomic E-state index is 12.8. The van der Waals surface area contributed by atoms with Crippen molar-refractivity contribution in [2.45, 2.75) is 50.6 Å². The molecule has 8 nitrogen and oxygen atoms in total. The van der Waals surface area contributed by atoms with Crippen molar-refractivity contribution in [1.82, 2.24) is 10.6 Å². The van der Waals surface area contributed by atoms with E-state index in [9.17, 15) is 14.4 Å². The van der Waals surface area contributed by atoms with E-state index in [0.717, 1.165) is 22.3 Å². The Kier molecular flexibility index (Phi) is 9.04. The van der Waals surface area contributed by atoms with Gasteiger partial charge in [-0.25, -0.2) is 4.79 Å². The zero-order chi connectivity index (χ0) is 24.5. The molecule has 34 heavy (non-hydrogen) atoms. The van der Waals surface area contributed by atoms with Gasteiger partial charge < -0.3 is 25.2 Å². The minimum Gasteiger partial charge on any atom is -0.481 e. The topological polar surface area (TPSA) is 114 Å². The summed E-state index contributed by atoms with van der Waals surface area (Å²) in [6, 6.07) is 14.7. The molecule has 0 heterocycles. The molecule has 2 amide bonds. The molecule has 3 rings (SSSR count). The lowest BCUT2D eigenvalue weighted by atomic mass is 9.98. The van der Waals surface area contributed by atoms with Gasteiger partial charge in [0.25, 0.3) is 0 Å². The maximum Gasteiger partial charge on any atom is 0.407 e. The average Bonchev–Trinajstić information content (AvgIpc) is 3.15. The number of methoxy groups -OCH3 is 1. The van der Waals surface area contributed by atoms with E-state index < -0.39 is 30.1 Å². The summed E-state index contributed by atoms with van der Waals surface area (Å²) < 4.78 is 10.6. The van der Waals surface area contributed by atoms with Crippen molar-refractivity contribution in [3.8, 4) is 11.1 Å². The van der Waals surface area contributed by atoms with Crippen LogP contribution < -0.4 is 10.6 Å². The second kappa shape index (κ2) is 12.2. The number of rotatable bonds is 12. The minimum absolute atomic E-state index is 0.0843. The van der Waals surface area contributed by atoms with E-state index in [1.54, 1.807) is 14.0 Å². The number of ether oxygens (including phenoxy) is 2. The van der Waals surface area contributed by atoms with Gasteiger partial charge in [-0.1, -0.05) is 55.5 Å². The van der Waals surface area contributed by atoms with Gasteiger partial charge >= 0.3 is 12.1 Å². The number of carbonyl (C=O) groups excluding carboxylic acids is 2. The van der Waals surface area contributed by atoms with Gasteiger partial charge in [-0.15, -0.1) is 0 Å². The highest BCUT2D eigenvalue weighted by Crippen LogP contribution is 2.44. The molecule has 1 aliphatic carbocycles. The molecular weight excluding hydrogens is 436 g/mol. The number of hydrogen-bond donors (Lipinski definition) is 3. The highest BCUT2D eigenvalue weighted by Gasteiger charge is 2.30. The zero-order valence-corrected chi connectivity index (χ0v) is 19.6. The van der Waals surface area contributed by atoms with Crippen molar-refractivity contribution in [1.29, 1.82) is 0 Å². The summed E-state index contributed by atoms with van der Waals surface area (Å²) >= 11 is 0. The van der Waals surface area contributed by atoms with E-state index in [2.05, 4.69) is 22.8 Å². The Labute approximate surface area is 199 Å². The largest absolute Gasteiger partial charge is 0.481 e. The fraction of sp³-hybridized carbons (Fsp3) is 0.423. The second-order valence-electron chi connectivity index (χ2n) is 8.37. The van der Waals surface area contributed by atoms with Crippen LogP contribution in [0, 0.1) is 0 Å². The normalized spacial score (nSPS) is 13.9. The number of carbonyl (C=O) groups is 3. The molecule has 0 aromatic heterocycles. The van der Waals surface area contributed by atoms with Crippen LogP contribution in [0.5, 0.6) is 0 Å². The molecular formula is C26H32N2O6. The van der Waals surface area contributed by atoms with Crippen molar-refractivity contribution in [2.75, 3.05) is 20.3 Å². The molecule has 2 aromatic carbocycles. The Bertz CT molecular complexity index is 963. The molecule has 0 bridgehead atoms. The number of carboxylic acid groups (broad SMARTS) is 1.